The Morgan fingerprint density at radius 3 is 2.75 bits per heavy atom. The van der Waals surface area contributed by atoms with Crippen LogP contribution in [-0.2, 0) is 0 Å². The number of rotatable bonds is 2. The maximum atomic E-state index is 5.74. The van der Waals surface area contributed by atoms with Gasteiger partial charge in [0.2, 0.25) is 11.2 Å². The molecule has 3 nitrogen and oxygen atoms in total. The Hall–Kier alpha value is -1.13. The molecule has 0 aliphatic rings. The molecular formula is C11H8BrClN2O. The average molecular weight is 300 g/mol. The molecular weight excluding hydrogens is 291 g/mol. The first-order chi connectivity index (χ1) is 7.63. The molecule has 0 radical (unpaired) electrons. The Morgan fingerprint density at radius 2 is 2.06 bits per heavy atom. The van der Waals surface area contributed by atoms with Crippen LogP contribution in [0.3, 0.4) is 0 Å². The SMILES string of the molecule is Cc1cc(Oc2cccc(Br)c2)nc(Cl)n1. The lowest BCUT2D eigenvalue weighted by atomic mass is 10.3. The lowest BCUT2D eigenvalue weighted by molar-refractivity contribution is 0.460. The molecule has 0 aliphatic carbocycles. The number of hydrogen-bond acceptors (Lipinski definition) is 3. The molecule has 0 fully saturated rings. The highest BCUT2D eigenvalue weighted by Gasteiger charge is 2.02. The van der Waals surface area contributed by atoms with E-state index in [1.807, 2.05) is 31.2 Å². The zero-order chi connectivity index (χ0) is 11.5. The van der Waals surface area contributed by atoms with Crippen LogP contribution in [0.2, 0.25) is 5.28 Å². The van der Waals surface area contributed by atoms with Crippen molar-refractivity contribution < 1.29 is 4.74 Å². The quantitative estimate of drug-likeness (QED) is 0.786. The van der Waals surface area contributed by atoms with Gasteiger partial charge < -0.3 is 4.74 Å². The highest BCUT2D eigenvalue weighted by molar-refractivity contribution is 9.10. The average Bonchev–Trinajstić information content (AvgIpc) is 2.15. The minimum Gasteiger partial charge on any atom is -0.439 e. The van der Waals surface area contributed by atoms with Crippen molar-refractivity contribution in [2.24, 2.45) is 0 Å². The molecule has 0 aliphatic heterocycles. The lowest BCUT2D eigenvalue weighted by Crippen LogP contribution is -1.92. The first-order valence-corrected chi connectivity index (χ1v) is 5.75. The Labute approximate surface area is 107 Å². The van der Waals surface area contributed by atoms with Gasteiger partial charge in [-0.05, 0) is 36.7 Å². The van der Waals surface area contributed by atoms with Crippen LogP contribution >= 0.6 is 27.5 Å². The second-order valence-electron chi connectivity index (χ2n) is 3.18. The van der Waals surface area contributed by atoms with E-state index in [0.717, 1.165) is 10.2 Å². The molecule has 0 saturated heterocycles. The van der Waals surface area contributed by atoms with Gasteiger partial charge in [-0.25, -0.2) is 4.98 Å². The number of benzene rings is 1. The van der Waals surface area contributed by atoms with Crippen LogP contribution in [0.5, 0.6) is 11.6 Å². The van der Waals surface area contributed by atoms with E-state index in [1.165, 1.54) is 0 Å². The van der Waals surface area contributed by atoms with Gasteiger partial charge in [0.25, 0.3) is 0 Å². The van der Waals surface area contributed by atoms with Gasteiger partial charge in [-0.15, -0.1) is 0 Å². The summed E-state index contributed by atoms with van der Waals surface area (Å²) >= 11 is 9.10. The second kappa shape index (κ2) is 4.80. The van der Waals surface area contributed by atoms with Crippen molar-refractivity contribution in [3.05, 3.63) is 45.8 Å². The highest BCUT2D eigenvalue weighted by atomic mass is 79.9. The van der Waals surface area contributed by atoms with Gasteiger partial charge in [0.05, 0.1) is 0 Å². The van der Waals surface area contributed by atoms with Crippen molar-refractivity contribution in [3.63, 3.8) is 0 Å². The fourth-order valence-corrected chi connectivity index (χ4v) is 1.80. The van der Waals surface area contributed by atoms with Crippen LogP contribution in [0.25, 0.3) is 0 Å². The van der Waals surface area contributed by atoms with Crippen molar-refractivity contribution in [2.75, 3.05) is 0 Å². The van der Waals surface area contributed by atoms with Gasteiger partial charge in [-0.1, -0.05) is 22.0 Å². The molecule has 0 saturated carbocycles. The number of ether oxygens (including phenoxy) is 1. The summed E-state index contributed by atoms with van der Waals surface area (Å²) in [6, 6.07) is 9.23. The van der Waals surface area contributed by atoms with Gasteiger partial charge in [0, 0.05) is 16.2 Å². The molecule has 0 spiro atoms. The molecule has 2 rings (SSSR count). The molecule has 1 aromatic carbocycles. The Balaban J connectivity index is 2.27. The summed E-state index contributed by atoms with van der Waals surface area (Å²) in [5, 5.41) is 0.185. The fourth-order valence-electron chi connectivity index (χ4n) is 1.21. The van der Waals surface area contributed by atoms with Gasteiger partial charge in [0.15, 0.2) is 0 Å². The van der Waals surface area contributed by atoms with Gasteiger partial charge in [-0.3, -0.25) is 0 Å². The summed E-state index contributed by atoms with van der Waals surface area (Å²) in [4.78, 5) is 7.93. The molecule has 5 heteroatoms. The Kier molecular flexibility index (Phi) is 3.41. The summed E-state index contributed by atoms with van der Waals surface area (Å²) in [6.45, 7) is 1.83. The van der Waals surface area contributed by atoms with Crippen LogP contribution in [0.1, 0.15) is 5.69 Å². The largest absolute Gasteiger partial charge is 0.439 e. The molecule has 0 amide bonds. The zero-order valence-corrected chi connectivity index (χ0v) is 10.8. The molecule has 0 N–H and O–H groups in total. The normalized spacial score (nSPS) is 10.2. The van der Waals surface area contributed by atoms with Crippen LogP contribution in [-0.4, -0.2) is 9.97 Å². The first kappa shape index (κ1) is 11.4. The third kappa shape index (κ3) is 2.93. The maximum absolute atomic E-state index is 5.74. The van der Waals surface area contributed by atoms with E-state index in [2.05, 4.69) is 25.9 Å². The molecule has 82 valence electrons. The standard InChI is InChI=1S/C11H8BrClN2O/c1-7-5-10(15-11(13)14-7)16-9-4-2-3-8(12)6-9/h2-6H,1H3. The summed E-state index contributed by atoms with van der Waals surface area (Å²) in [6.07, 6.45) is 0. The second-order valence-corrected chi connectivity index (χ2v) is 4.43. The Morgan fingerprint density at radius 1 is 1.25 bits per heavy atom. The van der Waals surface area contributed by atoms with E-state index in [9.17, 15) is 0 Å². The van der Waals surface area contributed by atoms with E-state index in [1.54, 1.807) is 6.07 Å². The minimum atomic E-state index is 0.185. The highest BCUT2D eigenvalue weighted by Crippen LogP contribution is 2.23. The zero-order valence-electron chi connectivity index (χ0n) is 8.45. The number of hydrogen-bond donors (Lipinski definition) is 0. The molecule has 1 heterocycles. The van der Waals surface area contributed by atoms with Crippen molar-refractivity contribution >= 4 is 27.5 Å². The monoisotopic (exact) mass is 298 g/mol. The van der Waals surface area contributed by atoms with E-state index < -0.39 is 0 Å². The van der Waals surface area contributed by atoms with Crippen molar-refractivity contribution in [2.45, 2.75) is 6.92 Å². The van der Waals surface area contributed by atoms with Crippen molar-refractivity contribution in [3.8, 4) is 11.6 Å². The fraction of sp³-hybridized carbons (Fsp3) is 0.0909. The lowest BCUT2D eigenvalue weighted by Gasteiger charge is -2.05. The van der Waals surface area contributed by atoms with Crippen LogP contribution in [0.4, 0.5) is 0 Å². The van der Waals surface area contributed by atoms with E-state index in [4.69, 9.17) is 16.3 Å². The van der Waals surface area contributed by atoms with Gasteiger partial charge in [0.1, 0.15) is 5.75 Å². The minimum absolute atomic E-state index is 0.185. The topological polar surface area (TPSA) is 35.0 Å². The summed E-state index contributed by atoms with van der Waals surface area (Å²) in [5.74, 6) is 1.14. The molecule has 1 aromatic heterocycles. The summed E-state index contributed by atoms with van der Waals surface area (Å²) in [5.41, 5.74) is 0.769. The van der Waals surface area contributed by atoms with Crippen molar-refractivity contribution in [1.82, 2.24) is 9.97 Å². The molecule has 2 aromatic rings. The molecule has 0 bridgehead atoms. The summed E-state index contributed by atoms with van der Waals surface area (Å²) in [7, 11) is 0. The predicted octanol–water partition coefficient (Wildman–Crippen LogP) is 3.99. The third-order valence-electron chi connectivity index (χ3n) is 1.82. The maximum Gasteiger partial charge on any atom is 0.225 e. The van der Waals surface area contributed by atoms with Gasteiger partial charge in [-0.2, -0.15) is 4.98 Å². The Bertz CT molecular complexity index is 499. The number of aryl methyl sites for hydroxylation is 1. The molecule has 0 unspecified atom stereocenters. The smallest absolute Gasteiger partial charge is 0.225 e. The number of nitrogens with zero attached hydrogens (tertiary/aromatic N) is 2. The van der Waals surface area contributed by atoms with E-state index >= 15 is 0 Å². The predicted molar refractivity (Wildman–Crippen MR) is 66.0 cm³/mol. The first-order valence-electron chi connectivity index (χ1n) is 4.58. The van der Waals surface area contributed by atoms with Crippen LogP contribution in [0, 0.1) is 6.92 Å². The van der Waals surface area contributed by atoms with E-state index in [-0.39, 0.29) is 5.28 Å². The van der Waals surface area contributed by atoms with Gasteiger partial charge >= 0.3 is 0 Å². The van der Waals surface area contributed by atoms with Crippen molar-refractivity contribution in [1.29, 1.82) is 0 Å². The van der Waals surface area contributed by atoms with Crippen LogP contribution < -0.4 is 4.74 Å². The number of aromatic nitrogens is 2. The number of halogens is 2. The third-order valence-corrected chi connectivity index (χ3v) is 2.48. The summed E-state index contributed by atoms with van der Waals surface area (Å²) < 4.78 is 6.50. The van der Waals surface area contributed by atoms with Crippen LogP contribution in [0.15, 0.2) is 34.8 Å². The van der Waals surface area contributed by atoms with E-state index in [0.29, 0.717) is 11.6 Å². The molecule has 0 atom stereocenters. The molecule has 16 heavy (non-hydrogen) atoms.